The number of methoxy groups -OCH3 is 1. The van der Waals surface area contributed by atoms with E-state index < -0.39 is 37.5 Å². The first-order valence-electron chi connectivity index (χ1n) is 10.2. The number of aromatic nitrogens is 6. The third kappa shape index (κ3) is 4.03. The lowest BCUT2D eigenvalue weighted by molar-refractivity contribution is -0.142. The van der Waals surface area contributed by atoms with Crippen molar-refractivity contribution in [1.29, 1.82) is 0 Å². The van der Waals surface area contributed by atoms with Gasteiger partial charge in [0.2, 0.25) is 5.95 Å². The van der Waals surface area contributed by atoms with Gasteiger partial charge in [0.1, 0.15) is 17.8 Å². The van der Waals surface area contributed by atoms with Gasteiger partial charge >= 0.3 is 6.18 Å². The summed E-state index contributed by atoms with van der Waals surface area (Å²) in [5, 5.41) is 8.58. The van der Waals surface area contributed by atoms with Crippen molar-refractivity contribution in [3.8, 4) is 5.75 Å². The first-order chi connectivity index (χ1) is 16.0. The minimum Gasteiger partial charge on any atom is -0.494 e. The van der Waals surface area contributed by atoms with Crippen LogP contribution in [0.15, 0.2) is 30.6 Å². The van der Waals surface area contributed by atoms with Crippen LogP contribution in [-0.2, 0) is 6.54 Å². The summed E-state index contributed by atoms with van der Waals surface area (Å²) < 4.78 is 74.6. The monoisotopic (exact) mass is 482 g/mol. The molecule has 14 heteroatoms. The van der Waals surface area contributed by atoms with Crippen LogP contribution in [0.3, 0.4) is 0 Å². The summed E-state index contributed by atoms with van der Waals surface area (Å²) in [6, 6.07) is 5.19. The van der Waals surface area contributed by atoms with Crippen LogP contribution in [0.1, 0.15) is 18.2 Å². The van der Waals surface area contributed by atoms with Gasteiger partial charge in [-0.15, -0.1) is 5.10 Å². The van der Waals surface area contributed by atoms with E-state index in [1.165, 1.54) is 16.5 Å². The summed E-state index contributed by atoms with van der Waals surface area (Å²) in [7, 11) is 1.49. The Morgan fingerprint density at radius 3 is 2.76 bits per heavy atom. The number of anilines is 2. The number of nitrogens with zero attached hydrogens (tertiary/aromatic N) is 7. The van der Waals surface area contributed by atoms with E-state index in [9.17, 15) is 22.0 Å². The molecule has 0 radical (unpaired) electrons. The molecule has 3 aromatic heterocycles. The third-order valence-electron chi connectivity index (χ3n) is 5.63. The molecule has 1 atom stereocenters. The highest BCUT2D eigenvalue weighted by molar-refractivity contribution is 5.95. The van der Waals surface area contributed by atoms with E-state index in [2.05, 4.69) is 20.2 Å². The Morgan fingerprint density at radius 1 is 1.24 bits per heavy atom. The van der Waals surface area contributed by atoms with Crippen molar-refractivity contribution in [1.82, 2.24) is 29.4 Å². The van der Waals surface area contributed by atoms with Crippen molar-refractivity contribution in [3.05, 3.63) is 36.4 Å². The van der Waals surface area contributed by atoms with Crippen LogP contribution in [0, 0.1) is 0 Å². The van der Waals surface area contributed by atoms with Gasteiger partial charge < -0.3 is 15.4 Å². The molecule has 2 N–H and O–H groups in total. The molecule has 0 bridgehead atoms. The van der Waals surface area contributed by atoms with Crippen LogP contribution in [0.25, 0.3) is 16.6 Å². The maximum absolute atomic E-state index is 14.7. The highest BCUT2D eigenvalue weighted by Gasteiger charge is 2.43. The topological polar surface area (TPSA) is 99.4 Å². The number of nitrogens with two attached hydrogens (primary N) is 1. The van der Waals surface area contributed by atoms with Crippen LogP contribution in [0.4, 0.5) is 33.6 Å². The molecule has 4 aromatic rings. The van der Waals surface area contributed by atoms with E-state index in [4.69, 9.17) is 10.5 Å². The number of alkyl halides is 5. The summed E-state index contributed by atoms with van der Waals surface area (Å²) >= 11 is 0. The molecule has 1 aromatic carbocycles. The van der Waals surface area contributed by atoms with Crippen molar-refractivity contribution in [3.63, 3.8) is 0 Å². The van der Waals surface area contributed by atoms with Crippen LogP contribution in [0.2, 0.25) is 0 Å². The molecule has 1 aliphatic heterocycles. The van der Waals surface area contributed by atoms with E-state index in [0.29, 0.717) is 27.0 Å². The largest absolute Gasteiger partial charge is 0.494 e. The van der Waals surface area contributed by atoms with Crippen molar-refractivity contribution >= 4 is 28.2 Å². The van der Waals surface area contributed by atoms with Gasteiger partial charge in [-0.3, -0.25) is 4.68 Å². The maximum atomic E-state index is 14.7. The summed E-state index contributed by atoms with van der Waals surface area (Å²) in [6.07, 6.45) is -2.75. The zero-order valence-corrected chi connectivity index (χ0v) is 17.8. The molecular weight excluding hydrogens is 463 g/mol. The third-order valence-corrected chi connectivity index (χ3v) is 5.63. The lowest BCUT2D eigenvalue weighted by Gasteiger charge is -2.37. The van der Waals surface area contributed by atoms with Crippen molar-refractivity contribution < 1.29 is 26.7 Å². The van der Waals surface area contributed by atoms with Crippen molar-refractivity contribution in [2.45, 2.75) is 31.0 Å². The maximum Gasteiger partial charge on any atom is 0.408 e. The van der Waals surface area contributed by atoms with Gasteiger partial charge in [0.05, 0.1) is 25.5 Å². The van der Waals surface area contributed by atoms with Crippen LogP contribution < -0.4 is 15.4 Å². The minimum absolute atomic E-state index is 0.0126. The smallest absolute Gasteiger partial charge is 0.408 e. The number of ether oxygens (including phenoxy) is 1. The minimum atomic E-state index is -4.47. The number of benzene rings is 1. The molecule has 34 heavy (non-hydrogen) atoms. The number of rotatable bonds is 4. The molecule has 1 saturated heterocycles. The summed E-state index contributed by atoms with van der Waals surface area (Å²) in [4.78, 5) is 10.1. The highest BCUT2D eigenvalue weighted by Crippen LogP contribution is 2.38. The molecule has 180 valence electrons. The van der Waals surface area contributed by atoms with E-state index >= 15 is 0 Å². The Labute approximate surface area is 188 Å². The van der Waals surface area contributed by atoms with Gasteiger partial charge in [0.25, 0.3) is 5.92 Å². The molecule has 0 spiro atoms. The Morgan fingerprint density at radius 2 is 2.03 bits per heavy atom. The van der Waals surface area contributed by atoms with E-state index in [-0.39, 0.29) is 24.0 Å². The van der Waals surface area contributed by atoms with Gasteiger partial charge in [-0.2, -0.15) is 22.8 Å². The fraction of sp³-hybridized carbons (Fsp3) is 0.400. The molecular formula is C20H19F5N8O. The number of nitrogen functional groups attached to an aromatic ring is 1. The molecule has 1 fully saturated rings. The van der Waals surface area contributed by atoms with E-state index in [1.54, 1.807) is 18.2 Å². The van der Waals surface area contributed by atoms with Crippen molar-refractivity contribution in [2.24, 2.45) is 0 Å². The summed E-state index contributed by atoms with van der Waals surface area (Å²) in [6.45, 7) is -1.89. The second-order valence-electron chi connectivity index (χ2n) is 8.18. The lowest BCUT2D eigenvalue weighted by atomic mass is 9.94. The Balaban J connectivity index is 1.51. The molecule has 1 aliphatic rings. The fourth-order valence-corrected chi connectivity index (χ4v) is 4.23. The van der Waals surface area contributed by atoms with Gasteiger partial charge in [-0.25, -0.2) is 18.7 Å². The number of para-hydroxylation sites is 1. The SMILES string of the molecule is COc1cccc2c1nc(N)n1nc(C3CN(c4cnn(CC(F)(F)F)c4)CC(F)(F)C3)nc21. The Kier molecular flexibility index (Phi) is 4.98. The van der Waals surface area contributed by atoms with Crippen LogP contribution in [0.5, 0.6) is 5.75 Å². The van der Waals surface area contributed by atoms with E-state index in [0.717, 1.165) is 12.4 Å². The van der Waals surface area contributed by atoms with Crippen LogP contribution in [-0.4, -0.2) is 61.7 Å². The average molecular weight is 482 g/mol. The number of fused-ring (bicyclic) bond motifs is 3. The number of hydrogen-bond acceptors (Lipinski definition) is 7. The van der Waals surface area contributed by atoms with E-state index in [1.807, 2.05) is 0 Å². The van der Waals surface area contributed by atoms with Gasteiger partial charge in [-0.1, -0.05) is 6.07 Å². The fourth-order valence-electron chi connectivity index (χ4n) is 4.23. The second kappa shape index (κ2) is 7.67. The predicted octanol–water partition coefficient (Wildman–Crippen LogP) is 3.26. The zero-order valence-electron chi connectivity index (χ0n) is 17.8. The Bertz CT molecular complexity index is 1360. The quantitative estimate of drug-likeness (QED) is 0.446. The molecule has 0 saturated carbocycles. The zero-order chi connectivity index (χ0) is 24.3. The molecule has 1 unspecified atom stereocenters. The first kappa shape index (κ1) is 22.1. The highest BCUT2D eigenvalue weighted by atomic mass is 19.4. The standard InChI is InChI=1S/C20H19F5N8O/c1-34-14-4-2-3-13-15(14)28-18(26)33-17(13)29-16(30-33)11-5-19(21,22)9-31(7-11)12-6-27-32(8-12)10-20(23,24)25/h2-4,6,8,11H,5,7,9-10H2,1H3,(H2,26,28). The molecule has 4 heterocycles. The second-order valence-corrected chi connectivity index (χ2v) is 8.18. The number of halogens is 5. The molecule has 9 nitrogen and oxygen atoms in total. The first-order valence-corrected chi connectivity index (χ1v) is 10.2. The van der Waals surface area contributed by atoms with Gasteiger partial charge in [0, 0.05) is 30.5 Å². The van der Waals surface area contributed by atoms with Gasteiger partial charge in [-0.05, 0) is 12.1 Å². The van der Waals surface area contributed by atoms with Crippen LogP contribution >= 0.6 is 0 Å². The molecule has 0 amide bonds. The predicted molar refractivity (Wildman–Crippen MR) is 112 cm³/mol. The normalized spacial score (nSPS) is 18.6. The summed E-state index contributed by atoms with van der Waals surface area (Å²) in [5.74, 6) is -3.31. The van der Waals surface area contributed by atoms with Crippen molar-refractivity contribution in [2.75, 3.05) is 30.8 Å². The van der Waals surface area contributed by atoms with Gasteiger partial charge in [0.15, 0.2) is 11.5 Å². The average Bonchev–Trinajstić information content (AvgIpc) is 3.39. The molecule has 0 aliphatic carbocycles. The Hall–Kier alpha value is -3.71. The molecule has 5 rings (SSSR count). The number of hydrogen-bond donors (Lipinski definition) is 1. The lowest BCUT2D eigenvalue weighted by Crippen LogP contribution is -2.46. The summed E-state index contributed by atoms with van der Waals surface area (Å²) in [5.41, 5.74) is 7.01. The number of piperidine rings is 1.